The van der Waals surface area contributed by atoms with Crippen LogP contribution in [0.3, 0.4) is 0 Å². The van der Waals surface area contributed by atoms with Gasteiger partial charge in [-0.25, -0.2) is 9.90 Å². The van der Waals surface area contributed by atoms with Gasteiger partial charge in [0.15, 0.2) is 6.79 Å². The van der Waals surface area contributed by atoms with E-state index in [1.807, 2.05) is 26.0 Å². The molecule has 0 bridgehead atoms. The minimum Gasteiger partial charge on any atom is -0.509 e. The number of methoxy groups -OCH3 is 1. The summed E-state index contributed by atoms with van der Waals surface area (Å²) in [5.74, 6) is -0.317. The van der Waals surface area contributed by atoms with Crippen LogP contribution in [0.5, 0.6) is 0 Å². The Bertz CT molecular complexity index is 772. The van der Waals surface area contributed by atoms with Crippen LogP contribution in [0.15, 0.2) is 22.4 Å². The predicted octanol–water partition coefficient (Wildman–Crippen LogP) is 3.11. The summed E-state index contributed by atoms with van der Waals surface area (Å²) in [6.07, 6.45) is 0.988. The molecule has 0 unspecified atom stereocenters. The Kier molecular flexibility index (Phi) is 5.93. The second kappa shape index (κ2) is 7.89. The van der Waals surface area contributed by atoms with Crippen LogP contribution in [0.25, 0.3) is 5.57 Å². The first-order chi connectivity index (χ1) is 12.9. The lowest BCUT2D eigenvalue weighted by atomic mass is 9.86. The van der Waals surface area contributed by atoms with Gasteiger partial charge in [0.2, 0.25) is 0 Å². The molecule has 3 rings (SSSR count). The van der Waals surface area contributed by atoms with Crippen molar-refractivity contribution in [1.82, 2.24) is 10.1 Å². The summed E-state index contributed by atoms with van der Waals surface area (Å²) in [5.41, 5.74) is 2.16. The molecule has 0 aliphatic carbocycles. The molecule has 0 saturated carbocycles. The monoisotopic (exact) mass is 440 g/mol. The molecule has 2 aliphatic rings. The number of ether oxygens (including phenoxy) is 1. The first-order valence-corrected chi connectivity index (χ1v) is 9.61. The normalized spacial score (nSPS) is 20.2. The lowest BCUT2D eigenvalue weighted by molar-refractivity contribution is -0.259. The first kappa shape index (κ1) is 20.3. The summed E-state index contributed by atoms with van der Waals surface area (Å²) in [7, 11) is 3.11. The van der Waals surface area contributed by atoms with E-state index in [-0.39, 0.29) is 24.0 Å². The summed E-state index contributed by atoms with van der Waals surface area (Å²) in [6.45, 7) is 5.05. The maximum atomic E-state index is 13.3. The van der Waals surface area contributed by atoms with Crippen LogP contribution in [-0.2, 0) is 19.2 Å². The number of carbonyl (C=O) groups excluding carboxylic acids is 1. The first-order valence-electron chi connectivity index (χ1n) is 8.82. The molecule has 2 heterocycles. The second-order valence-corrected chi connectivity index (χ2v) is 7.77. The van der Waals surface area contributed by atoms with Gasteiger partial charge >= 0.3 is 0 Å². The van der Waals surface area contributed by atoms with Crippen molar-refractivity contribution in [1.29, 1.82) is 0 Å². The molecule has 148 valence electrons. The lowest BCUT2D eigenvalue weighted by Crippen LogP contribution is -2.55. The van der Waals surface area contributed by atoms with Crippen LogP contribution in [-0.4, -0.2) is 60.8 Å². The van der Waals surface area contributed by atoms with Gasteiger partial charge in [-0.3, -0.25) is 4.79 Å². The Morgan fingerprint density at radius 2 is 1.81 bits per heavy atom. The van der Waals surface area contributed by atoms with Gasteiger partial charge in [0.25, 0.3) is 5.91 Å². The SMILES string of the molecule is COCON1C(=O)C(c2cc(C)c(C)cc2Br)=C(O)C12CCN(OC)CC2. The number of hydrogen-bond acceptors (Lipinski definition) is 6. The molecule has 27 heavy (non-hydrogen) atoms. The number of nitrogens with zero attached hydrogens (tertiary/aromatic N) is 2. The average Bonchev–Trinajstić information content (AvgIpc) is 2.84. The van der Waals surface area contributed by atoms with Crippen molar-refractivity contribution >= 4 is 27.4 Å². The van der Waals surface area contributed by atoms with Crippen molar-refractivity contribution in [3.05, 3.63) is 39.1 Å². The number of benzene rings is 1. The van der Waals surface area contributed by atoms with E-state index in [0.717, 1.165) is 15.6 Å². The van der Waals surface area contributed by atoms with Crippen LogP contribution in [0.4, 0.5) is 0 Å². The molecule has 1 aromatic rings. The fourth-order valence-corrected chi connectivity index (χ4v) is 4.36. The summed E-state index contributed by atoms with van der Waals surface area (Å²) in [6, 6.07) is 3.87. The molecule has 2 aliphatic heterocycles. The lowest BCUT2D eigenvalue weighted by Gasteiger charge is -2.42. The fourth-order valence-electron chi connectivity index (χ4n) is 3.71. The number of halogens is 1. The van der Waals surface area contributed by atoms with Gasteiger partial charge in [0.1, 0.15) is 11.3 Å². The van der Waals surface area contributed by atoms with Crippen LogP contribution in [0, 0.1) is 13.8 Å². The third-order valence-electron chi connectivity index (χ3n) is 5.42. The molecule has 0 aromatic heterocycles. The molecular formula is C19H25BrN2O5. The molecule has 1 spiro atoms. The van der Waals surface area contributed by atoms with E-state index >= 15 is 0 Å². The fraction of sp³-hybridized carbons (Fsp3) is 0.526. The number of amides is 1. The highest BCUT2D eigenvalue weighted by Crippen LogP contribution is 2.46. The maximum absolute atomic E-state index is 13.3. The highest BCUT2D eigenvalue weighted by Gasteiger charge is 2.55. The van der Waals surface area contributed by atoms with E-state index in [1.54, 1.807) is 12.2 Å². The molecule has 7 nitrogen and oxygen atoms in total. The molecular weight excluding hydrogens is 416 g/mol. The van der Waals surface area contributed by atoms with Crippen LogP contribution >= 0.6 is 15.9 Å². The highest BCUT2D eigenvalue weighted by molar-refractivity contribution is 9.10. The van der Waals surface area contributed by atoms with E-state index in [9.17, 15) is 9.90 Å². The number of hydroxylamine groups is 4. The Hall–Kier alpha value is -1.45. The zero-order chi connectivity index (χ0) is 19.8. The molecule has 1 saturated heterocycles. The van der Waals surface area contributed by atoms with Crippen molar-refractivity contribution in [2.75, 3.05) is 34.1 Å². The largest absolute Gasteiger partial charge is 0.509 e. The van der Waals surface area contributed by atoms with E-state index in [0.29, 0.717) is 31.5 Å². The van der Waals surface area contributed by atoms with Crippen molar-refractivity contribution in [3.8, 4) is 0 Å². The Morgan fingerprint density at radius 3 is 2.41 bits per heavy atom. The molecule has 0 radical (unpaired) electrons. The molecule has 1 amide bonds. The van der Waals surface area contributed by atoms with E-state index in [1.165, 1.54) is 12.2 Å². The number of aryl methyl sites for hydroxylation is 2. The third-order valence-corrected chi connectivity index (χ3v) is 6.08. The molecule has 1 fully saturated rings. The van der Waals surface area contributed by atoms with Crippen LogP contribution < -0.4 is 0 Å². The van der Waals surface area contributed by atoms with E-state index < -0.39 is 5.54 Å². The molecule has 8 heteroatoms. The van der Waals surface area contributed by atoms with Gasteiger partial charge in [-0.1, -0.05) is 15.9 Å². The number of piperidine rings is 1. The molecule has 0 atom stereocenters. The van der Waals surface area contributed by atoms with Crippen molar-refractivity contribution in [2.24, 2.45) is 0 Å². The van der Waals surface area contributed by atoms with E-state index in [4.69, 9.17) is 14.4 Å². The minimum atomic E-state index is -0.918. The Labute approximate surface area is 167 Å². The summed E-state index contributed by atoms with van der Waals surface area (Å²) in [5, 5.41) is 14.3. The minimum absolute atomic E-state index is 0.0447. The molecule has 1 aromatic carbocycles. The third kappa shape index (κ3) is 3.40. The van der Waals surface area contributed by atoms with Crippen molar-refractivity contribution in [2.45, 2.75) is 32.2 Å². The van der Waals surface area contributed by atoms with Gasteiger partial charge < -0.3 is 14.7 Å². The topological polar surface area (TPSA) is 71.5 Å². The zero-order valence-electron chi connectivity index (χ0n) is 16.0. The maximum Gasteiger partial charge on any atom is 0.282 e. The van der Waals surface area contributed by atoms with E-state index in [2.05, 4.69) is 15.9 Å². The highest BCUT2D eigenvalue weighted by atomic mass is 79.9. The number of rotatable bonds is 5. The molecule has 1 N–H and O–H groups in total. The Balaban J connectivity index is 2.08. The summed E-state index contributed by atoms with van der Waals surface area (Å²) >= 11 is 3.54. The number of carbonyl (C=O) groups is 1. The van der Waals surface area contributed by atoms with Gasteiger partial charge in [-0.2, -0.15) is 5.06 Å². The van der Waals surface area contributed by atoms with Gasteiger partial charge in [0, 0.05) is 30.2 Å². The number of aliphatic hydroxyl groups excluding tert-OH is 1. The summed E-state index contributed by atoms with van der Waals surface area (Å²) < 4.78 is 5.77. The van der Waals surface area contributed by atoms with Crippen molar-refractivity contribution < 1.29 is 24.3 Å². The number of aliphatic hydroxyl groups is 1. The van der Waals surface area contributed by atoms with Crippen LogP contribution in [0.2, 0.25) is 0 Å². The van der Waals surface area contributed by atoms with Gasteiger partial charge in [-0.05, 0) is 49.9 Å². The number of hydrogen-bond donors (Lipinski definition) is 1. The quantitative estimate of drug-likeness (QED) is 0.709. The zero-order valence-corrected chi connectivity index (χ0v) is 17.6. The van der Waals surface area contributed by atoms with Crippen LogP contribution in [0.1, 0.15) is 29.5 Å². The second-order valence-electron chi connectivity index (χ2n) is 6.92. The average molecular weight is 441 g/mol. The van der Waals surface area contributed by atoms with Gasteiger partial charge in [0.05, 0.1) is 12.7 Å². The predicted molar refractivity (Wildman–Crippen MR) is 104 cm³/mol. The summed E-state index contributed by atoms with van der Waals surface area (Å²) in [4.78, 5) is 24.2. The van der Waals surface area contributed by atoms with Gasteiger partial charge in [-0.15, -0.1) is 0 Å². The Morgan fingerprint density at radius 1 is 1.19 bits per heavy atom. The smallest absolute Gasteiger partial charge is 0.282 e. The standard InChI is InChI=1S/C19H25BrN2O5/c1-12-9-14(15(20)10-13(12)2)16-17(23)19(5-7-21(26-4)8-6-19)22(18(16)24)27-11-25-3/h9-10,23H,5-8,11H2,1-4H3. The van der Waals surface area contributed by atoms with Crippen molar-refractivity contribution in [3.63, 3.8) is 0 Å².